The number of aromatic nitrogens is 2. The molecule has 0 aromatic carbocycles. The van der Waals surface area contributed by atoms with E-state index >= 15 is 0 Å². The number of hydrogen-bond acceptors (Lipinski definition) is 4. The normalized spacial score (nSPS) is 23.3. The second-order valence-electron chi connectivity index (χ2n) is 4.86. The summed E-state index contributed by atoms with van der Waals surface area (Å²) in [5, 5.41) is 4.55. The number of carbonyl (C=O) groups is 1. The Morgan fingerprint density at radius 2 is 2.39 bits per heavy atom. The van der Waals surface area contributed by atoms with Crippen LogP contribution in [0.4, 0.5) is 0 Å². The predicted octanol–water partition coefficient (Wildman–Crippen LogP) is 2.25. The molecule has 0 N–H and O–H groups in total. The maximum absolute atomic E-state index is 11.9. The Kier molecular flexibility index (Phi) is 3.07. The van der Waals surface area contributed by atoms with E-state index in [2.05, 4.69) is 5.10 Å². The monoisotopic (exact) mass is 250 g/mol. The first-order valence-electron chi connectivity index (χ1n) is 6.67. The van der Waals surface area contributed by atoms with Crippen LogP contribution < -0.4 is 0 Å². The van der Waals surface area contributed by atoms with E-state index in [0.29, 0.717) is 18.2 Å². The van der Waals surface area contributed by atoms with Crippen molar-refractivity contribution >= 4 is 5.97 Å². The van der Waals surface area contributed by atoms with Crippen LogP contribution in [0.15, 0.2) is 6.20 Å². The molecule has 2 fully saturated rings. The molecule has 1 aromatic heterocycles. The van der Waals surface area contributed by atoms with E-state index in [4.69, 9.17) is 9.47 Å². The lowest BCUT2D eigenvalue weighted by Gasteiger charge is -2.08. The number of ether oxygens (including phenoxy) is 2. The van der Waals surface area contributed by atoms with Crippen molar-refractivity contribution in [2.75, 3.05) is 13.2 Å². The van der Waals surface area contributed by atoms with Crippen LogP contribution in [-0.2, 0) is 9.47 Å². The Balaban J connectivity index is 1.90. The molecule has 1 aliphatic carbocycles. The molecule has 0 spiro atoms. The van der Waals surface area contributed by atoms with E-state index in [-0.39, 0.29) is 12.1 Å². The largest absolute Gasteiger partial charge is 0.462 e. The fourth-order valence-corrected chi connectivity index (χ4v) is 2.33. The van der Waals surface area contributed by atoms with E-state index < -0.39 is 0 Å². The summed E-state index contributed by atoms with van der Waals surface area (Å²) in [4.78, 5) is 11.9. The van der Waals surface area contributed by atoms with Gasteiger partial charge in [-0.2, -0.15) is 5.10 Å². The van der Waals surface area contributed by atoms with Crippen molar-refractivity contribution in [1.82, 2.24) is 9.78 Å². The molecular formula is C13H18N2O3. The van der Waals surface area contributed by atoms with Crippen molar-refractivity contribution < 1.29 is 14.3 Å². The van der Waals surface area contributed by atoms with Crippen LogP contribution in [0.25, 0.3) is 0 Å². The van der Waals surface area contributed by atoms with Gasteiger partial charge in [0, 0.05) is 12.8 Å². The Labute approximate surface area is 106 Å². The third-order valence-corrected chi connectivity index (χ3v) is 3.41. The van der Waals surface area contributed by atoms with Gasteiger partial charge in [-0.3, -0.25) is 4.68 Å². The molecule has 0 bridgehead atoms. The van der Waals surface area contributed by atoms with Gasteiger partial charge in [-0.1, -0.05) is 0 Å². The summed E-state index contributed by atoms with van der Waals surface area (Å²) in [6.07, 6.45) is 6.05. The van der Waals surface area contributed by atoms with Crippen LogP contribution >= 0.6 is 0 Å². The van der Waals surface area contributed by atoms with Crippen LogP contribution in [0, 0.1) is 0 Å². The minimum Gasteiger partial charge on any atom is -0.462 e. The first-order chi connectivity index (χ1) is 8.79. The maximum atomic E-state index is 11.9. The highest BCUT2D eigenvalue weighted by Crippen LogP contribution is 2.37. The van der Waals surface area contributed by atoms with Crippen LogP contribution in [0.1, 0.15) is 60.8 Å². The summed E-state index contributed by atoms with van der Waals surface area (Å²) in [5.41, 5.74) is 1.34. The smallest absolute Gasteiger partial charge is 0.341 e. The zero-order valence-corrected chi connectivity index (χ0v) is 10.6. The summed E-state index contributed by atoms with van der Waals surface area (Å²) < 4.78 is 12.6. The average molecular weight is 250 g/mol. The van der Waals surface area contributed by atoms with Gasteiger partial charge in [-0.05, 0) is 32.6 Å². The lowest BCUT2D eigenvalue weighted by molar-refractivity contribution is 0.0514. The second-order valence-corrected chi connectivity index (χ2v) is 4.86. The molecule has 1 saturated heterocycles. The van der Waals surface area contributed by atoms with Gasteiger partial charge in [0.2, 0.25) is 0 Å². The van der Waals surface area contributed by atoms with Crippen molar-refractivity contribution in [1.29, 1.82) is 0 Å². The minimum atomic E-state index is -0.282. The Morgan fingerprint density at radius 1 is 1.56 bits per heavy atom. The number of nitrogens with zero attached hydrogens (tertiary/aromatic N) is 2. The third kappa shape index (κ3) is 2.14. The Bertz CT molecular complexity index is 445. The Morgan fingerprint density at radius 3 is 3.00 bits per heavy atom. The van der Waals surface area contributed by atoms with Crippen LogP contribution in [0.3, 0.4) is 0 Å². The zero-order valence-electron chi connectivity index (χ0n) is 10.6. The molecule has 1 aliphatic heterocycles. The van der Waals surface area contributed by atoms with E-state index in [1.807, 2.05) is 17.8 Å². The van der Waals surface area contributed by atoms with Crippen LogP contribution in [-0.4, -0.2) is 29.0 Å². The quantitative estimate of drug-likeness (QED) is 0.769. The lowest BCUT2D eigenvalue weighted by Crippen LogP contribution is -2.09. The van der Waals surface area contributed by atoms with Crippen molar-refractivity contribution in [2.24, 2.45) is 0 Å². The highest BCUT2D eigenvalue weighted by molar-refractivity contribution is 5.90. The van der Waals surface area contributed by atoms with Gasteiger partial charge in [0.15, 0.2) is 0 Å². The van der Waals surface area contributed by atoms with Gasteiger partial charge in [0.25, 0.3) is 0 Å². The molecule has 98 valence electrons. The standard InChI is InChI=1S/C13H18N2O3/c1-2-17-13(16)10-8-15(9-5-6-9)14-12(10)11-4-3-7-18-11/h8-9,11H,2-7H2,1H3/t11-/m0/s1. The number of carbonyl (C=O) groups excluding carboxylic acids is 1. The second kappa shape index (κ2) is 4.72. The molecule has 18 heavy (non-hydrogen) atoms. The van der Waals surface area contributed by atoms with Gasteiger partial charge < -0.3 is 9.47 Å². The highest BCUT2D eigenvalue weighted by Gasteiger charge is 2.32. The summed E-state index contributed by atoms with van der Waals surface area (Å²) in [7, 11) is 0. The molecule has 1 atom stereocenters. The van der Waals surface area contributed by atoms with Crippen molar-refractivity contribution in [3.63, 3.8) is 0 Å². The molecule has 0 radical (unpaired) electrons. The fourth-order valence-electron chi connectivity index (χ4n) is 2.33. The topological polar surface area (TPSA) is 53.4 Å². The summed E-state index contributed by atoms with van der Waals surface area (Å²) in [6, 6.07) is 0.466. The van der Waals surface area contributed by atoms with E-state index in [1.54, 1.807) is 0 Å². The molecule has 3 rings (SSSR count). The van der Waals surface area contributed by atoms with E-state index in [0.717, 1.165) is 38.0 Å². The van der Waals surface area contributed by atoms with Gasteiger partial charge in [0.05, 0.1) is 12.6 Å². The van der Waals surface area contributed by atoms with Crippen LogP contribution in [0.2, 0.25) is 0 Å². The predicted molar refractivity (Wildman–Crippen MR) is 64.4 cm³/mol. The third-order valence-electron chi connectivity index (χ3n) is 3.41. The van der Waals surface area contributed by atoms with Crippen molar-refractivity contribution in [3.8, 4) is 0 Å². The van der Waals surface area contributed by atoms with Gasteiger partial charge in [-0.15, -0.1) is 0 Å². The maximum Gasteiger partial charge on any atom is 0.341 e. The number of hydrogen-bond donors (Lipinski definition) is 0. The highest BCUT2D eigenvalue weighted by atomic mass is 16.5. The molecule has 5 heteroatoms. The minimum absolute atomic E-state index is 0.0376. The molecule has 2 heterocycles. The van der Waals surface area contributed by atoms with E-state index in [1.165, 1.54) is 0 Å². The molecule has 5 nitrogen and oxygen atoms in total. The van der Waals surface area contributed by atoms with Gasteiger partial charge >= 0.3 is 5.97 Å². The van der Waals surface area contributed by atoms with Gasteiger partial charge in [0.1, 0.15) is 17.4 Å². The van der Waals surface area contributed by atoms with Gasteiger partial charge in [-0.25, -0.2) is 4.79 Å². The molecule has 0 amide bonds. The molecule has 0 unspecified atom stereocenters. The molecule has 2 aliphatic rings. The summed E-state index contributed by atoms with van der Waals surface area (Å²) in [6.45, 7) is 2.95. The average Bonchev–Trinajstić information content (AvgIpc) is 2.93. The molecule has 1 aromatic rings. The first kappa shape index (κ1) is 11.7. The van der Waals surface area contributed by atoms with Crippen molar-refractivity contribution in [3.05, 3.63) is 17.5 Å². The Hall–Kier alpha value is -1.36. The number of esters is 1. The molecular weight excluding hydrogens is 232 g/mol. The summed E-state index contributed by atoms with van der Waals surface area (Å²) >= 11 is 0. The SMILES string of the molecule is CCOC(=O)c1cn(C2CC2)nc1[C@@H]1CCCO1. The lowest BCUT2D eigenvalue weighted by atomic mass is 10.1. The van der Waals surface area contributed by atoms with Crippen molar-refractivity contribution in [2.45, 2.75) is 44.8 Å². The first-order valence-corrected chi connectivity index (χ1v) is 6.67. The number of rotatable bonds is 4. The van der Waals surface area contributed by atoms with Crippen LogP contribution in [0.5, 0.6) is 0 Å². The molecule has 1 saturated carbocycles. The zero-order chi connectivity index (χ0) is 12.5. The summed E-state index contributed by atoms with van der Waals surface area (Å²) in [5.74, 6) is -0.282. The fraction of sp³-hybridized carbons (Fsp3) is 0.692. The van der Waals surface area contributed by atoms with E-state index in [9.17, 15) is 4.79 Å².